The molecule has 0 saturated heterocycles. The quantitative estimate of drug-likeness (QED) is 0.674. The third kappa shape index (κ3) is 2.14. The number of nitrogens with zero attached hydrogens (tertiary/aromatic N) is 2. The van der Waals surface area contributed by atoms with Crippen LogP contribution in [0.2, 0.25) is 0 Å². The predicted octanol–water partition coefficient (Wildman–Crippen LogP) is 0.544. The monoisotopic (exact) mass is 181 g/mol. The van der Waals surface area contributed by atoms with Crippen molar-refractivity contribution in [2.45, 2.75) is 13.8 Å². The minimum absolute atomic E-state index is 0.188. The van der Waals surface area contributed by atoms with E-state index in [0.717, 1.165) is 0 Å². The molecule has 0 fully saturated rings. The summed E-state index contributed by atoms with van der Waals surface area (Å²) in [7, 11) is 0. The van der Waals surface area contributed by atoms with Crippen molar-refractivity contribution in [3.05, 3.63) is 17.6 Å². The van der Waals surface area contributed by atoms with E-state index in [1.807, 2.05) is 0 Å². The molecule has 0 spiro atoms. The molecule has 1 rings (SSSR count). The highest BCUT2D eigenvalue weighted by molar-refractivity contribution is 5.87. The number of hydrogen-bond donors (Lipinski definition) is 1. The number of aryl methyl sites for hydroxylation is 1. The zero-order valence-corrected chi connectivity index (χ0v) is 7.57. The van der Waals surface area contributed by atoms with Crippen molar-refractivity contribution in [3.8, 4) is 0 Å². The van der Waals surface area contributed by atoms with Gasteiger partial charge in [-0.05, 0) is 13.8 Å². The number of ether oxygens (including phenoxy) is 1. The van der Waals surface area contributed by atoms with Gasteiger partial charge in [0.25, 0.3) is 0 Å². The fraction of sp³-hybridized carbons (Fsp3) is 0.375. The van der Waals surface area contributed by atoms with Crippen molar-refractivity contribution in [1.82, 2.24) is 9.97 Å². The summed E-state index contributed by atoms with van der Waals surface area (Å²) in [5.74, 6) is -0.147. The molecule has 1 aromatic heterocycles. The van der Waals surface area contributed by atoms with Gasteiger partial charge in [0.1, 0.15) is 5.82 Å². The molecular weight excluding hydrogens is 170 g/mol. The Morgan fingerprint density at radius 2 is 2.38 bits per heavy atom. The lowest BCUT2D eigenvalue weighted by molar-refractivity contribution is 0.0518. The predicted molar refractivity (Wildman–Crippen MR) is 47.1 cm³/mol. The molecule has 2 N–H and O–H groups in total. The zero-order chi connectivity index (χ0) is 9.84. The highest BCUT2D eigenvalue weighted by Crippen LogP contribution is 2.04. The molecule has 0 aliphatic heterocycles. The van der Waals surface area contributed by atoms with E-state index < -0.39 is 5.97 Å². The van der Waals surface area contributed by atoms with Crippen LogP contribution in [0.1, 0.15) is 23.1 Å². The van der Waals surface area contributed by atoms with E-state index in [-0.39, 0.29) is 5.69 Å². The van der Waals surface area contributed by atoms with E-state index in [2.05, 4.69) is 9.97 Å². The normalized spacial score (nSPS) is 9.69. The minimum Gasteiger partial charge on any atom is -0.461 e. The molecule has 0 aliphatic rings. The van der Waals surface area contributed by atoms with Crippen molar-refractivity contribution >= 4 is 11.8 Å². The second-order valence-electron chi connectivity index (χ2n) is 2.45. The van der Waals surface area contributed by atoms with Crippen LogP contribution in [0, 0.1) is 6.92 Å². The van der Waals surface area contributed by atoms with Crippen molar-refractivity contribution in [3.63, 3.8) is 0 Å². The average Bonchev–Trinajstić information content (AvgIpc) is 2.10. The Hall–Kier alpha value is -1.65. The van der Waals surface area contributed by atoms with Gasteiger partial charge in [-0.3, -0.25) is 0 Å². The summed E-state index contributed by atoms with van der Waals surface area (Å²) in [6.45, 7) is 3.74. The van der Waals surface area contributed by atoms with Crippen LogP contribution in [0.4, 0.5) is 5.82 Å². The van der Waals surface area contributed by atoms with Gasteiger partial charge in [0.05, 0.1) is 18.5 Å². The van der Waals surface area contributed by atoms with Gasteiger partial charge >= 0.3 is 5.97 Å². The Labute approximate surface area is 75.9 Å². The summed E-state index contributed by atoms with van der Waals surface area (Å²) in [5, 5.41) is 0. The van der Waals surface area contributed by atoms with Crippen LogP contribution >= 0.6 is 0 Å². The second-order valence-corrected chi connectivity index (χ2v) is 2.45. The largest absolute Gasteiger partial charge is 0.461 e. The maximum atomic E-state index is 11.1. The van der Waals surface area contributed by atoms with Gasteiger partial charge in [0, 0.05) is 0 Å². The summed E-state index contributed by atoms with van der Waals surface area (Å²) >= 11 is 0. The molecule has 0 aliphatic carbocycles. The average molecular weight is 181 g/mol. The van der Waals surface area contributed by atoms with Crippen LogP contribution in [0.3, 0.4) is 0 Å². The van der Waals surface area contributed by atoms with E-state index in [1.165, 1.54) is 6.20 Å². The van der Waals surface area contributed by atoms with Gasteiger partial charge in [-0.1, -0.05) is 0 Å². The third-order valence-electron chi connectivity index (χ3n) is 1.47. The Bertz CT molecular complexity index is 325. The number of nitrogen functional groups attached to an aromatic ring is 1. The summed E-state index contributed by atoms with van der Waals surface area (Å²) < 4.78 is 4.74. The SMILES string of the molecule is CCOC(=O)c1cnc(N)c(C)n1. The van der Waals surface area contributed by atoms with Crippen molar-refractivity contribution < 1.29 is 9.53 Å². The highest BCUT2D eigenvalue weighted by Gasteiger charge is 2.09. The van der Waals surface area contributed by atoms with E-state index >= 15 is 0 Å². The van der Waals surface area contributed by atoms with Gasteiger partial charge in [0.15, 0.2) is 5.69 Å². The smallest absolute Gasteiger partial charge is 0.358 e. The number of esters is 1. The standard InChI is InChI=1S/C8H11N3O2/c1-3-13-8(12)6-4-10-7(9)5(2)11-6/h4H,3H2,1-2H3,(H2,9,10). The van der Waals surface area contributed by atoms with Crippen LogP contribution in [-0.4, -0.2) is 22.5 Å². The van der Waals surface area contributed by atoms with Crippen molar-refractivity contribution in [2.75, 3.05) is 12.3 Å². The van der Waals surface area contributed by atoms with Gasteiger partial charge in [-0.2, -0.15) is 0 Å². The van der Waals surface area contributed by atoms with Crippen LogP contribution in [0.5, 0.6) is 0 Å². The number of aromatic nitrogens is 2. The highest BCUT2D eigenvalue weighted by atomic mass is 16.5. The summed E-state index contributed by atoms with van der Waals surface area (Å²) in [5.41, 5.74) is 6.16. The molecule has 5 nitrogen and oxygen atoms in total. The zero-order valence-electron chi connectivity index (χ0n) is 7.57. The van der Waals surface area contributed by atoms with Gasteiger partial charge in [0.2, 0.25) is 0 Å². The van der Waals surface area contributed by atoms with E-state index in [1.54, 1.807) is 13.8 Å². The van der Waals surface area contributed by atoms with E-state index in [9.17, 15) is 4.79 Å². The first-order valence-corrected chi connectivity index (χ1v) is 3.91. The maximum absolute atomic E-state index is 11.1. The number of nitrogens with two attached hydrogens (primary N) is 1. The number of carbonyl (C=O) groups excluding carboxylic acids is 1. The first kappa shape index (κ1) is 9.44. The van der Waals surface area contributed by atoms with Gasteiger partial charge in [-0.15, -0.1) is 0 Å². The molecule has 1 aromatic rings. The Kier molecular flexibility index (Phi) is 2.79. The molecule has 0 radical (unpaired) electrons. The minimum atomic E-state index is -0.474. The summed E-state index contributed by atoms with van der Waals surface area (Å²) in [6, 6.07) is 0. The van der Waals surface area contributed by atoms with Crippen LogP contribution in [-0.2, 0) is 4.74 Å². The fourth-order valence-corrected chi connectivity index (χ4v) is 0.794. The molecule has 0 atom stereocenters. The van der Waals surface area contributed by atoms with Crippen molar-refractivity contribution in [1.29, 1.82) is 0 Å². The van der Waals surface area contributed by atoms with Gasteiger partial charge in [-0.25, -0.2) is 14.8 Å². The lowest BCUT2D eigenvalue weighted by Gasteiger charge is -2.02. The second kappa shape index (κ2) is 3.84. The van der Waals surface area contributed by atoms with Gasteiger partial charge < -0.3 is 10.5 Å². The number of rotatable bonds is 2. The Balaban J connectivity index is 2.90. The lowest BCUT2D eigenvalue weighted by Crippen LogP contribution is -2.09. The first-order chi connectivity index (χ1) is 6.15. The molecule has 0 bridgehead atoms. The molecule has 0 unspecified atom stereocenters. The van der Waals surface area contributed by atoms with Crippen LogP contribution in [0.25, 0.3) is 0 Å². The van der Waals surface area contributed by atoms with E-state index in [0.29, 0.717) is 18.1 Å². The molecule has 0 saturated carbocycles. The van der Waals surface area contributed by atoms with Crippen molar-refractivity contribution in [2.24, 2.45) is 0 Å². The molecule has 0 aromatic carbocycles. The maximum Gasteiger partial charge on any atom is 0.358 e. The summed E-state index contributed by atoms with van der Waals surface area (Å²) in [6.07, 6.45) is 1.31. The molecule has 5 heteroatoms. The summed E-state index contributed by atoms with van der Waals surface area (Å²) in [4.78, 5) is 18.9. The topological polar surface area (TPSA) is 78.1 Å². The van der Waals surface area contributed by atoms with E-state index in [4.69, 9.17) is 10.5 Å². The molecular formula is C8H11N3O2. The molecule has 0 amide bonds. The Morgan fingerprint density at radius 3 is 2.92 bits per heavy atom. The number of hydrogen-bond acceptors (Lipinski definition) is 5. The number of carbonyl (C=O) groups is 1. The van der Waals surface area contributed by atoms with Crippen LogP contribution < -0.4 is 5.73 Å². The molecule has 70 valence electrons. The lowest BCUT2D eigenvalue weighted by atomic mass is 10.4. The Morgan fingerprint density at radius 1 is 1.69 bits per heavy atom. The first-order valence-electron chi connectivity index (χ1n) is 3.91. The fourth-order valence-electron chi connectivity index (χ4n) is 0.794. The molecule has 13 heavy (non-hydrogen) atoms. The number of anilines is 1. The molecule has 1 heterocycles. The third-order valence-corrected chi connectivity index (χ3v) is 1.47. The van der Waals surface area contributed by atoms with Crippen LogP contribution in [0.15, 0.2) is 6.20 Å².